The van der Waals surface area contributed by atoms with Gasteiger partial charge in [0.05, 0.1) is 5.69 Å². The Morgan fingerprint density at radius 3 is 2.39 bits per heavy atom. The van der Waals surface area contributed by atoms with E-state index in [1.165, 1.54) is 12.4 Å². The van der Waals surface area contributed by atoms with Gasteiger partial charge in [0.1, 0.15) is 17.8 Å². The molecule has 6 heteroatoms. The van der Waals surface area contributed by atoms with Crippen molar-refractivity contribution in [2.24, 2.45) is 0 Å². The van der Waals surface area contributed by atoms with Crippen molar-refractivity contribution in [1.82, 2.24) is 9.97 Å². The highest BCUT2D eigenvalue weighted by Crippen LogP contribution is 2.27. The summed E-state index contributed by atoms with van der Waals surface area (Å²) in [5.74, 6) is 0.493. The van der Waals surface area contributed by atoms with Crippen LogP contribution in [0.3, 0.4) is 0 Å². The van der Waals surface area contributed by atoms with E-state index in [-0.39, 0.29) is 5.82 Å². The van der Waals surface area contributed by atoms with Crippen molar-refractivity contribution in [3.63, 3.8) is 0 Å². The molecule has 5 nitrogen and oxygen atoms in total. The Hall–Kier alpha value is -3.15. The van der Waals surface area contributed by atoms with Gasteiger partial charge in [-0.2, -0.15) is 0 Å². The summed E-state index contributed by atoms with van der Waals surface area (Å²) in [6, 6.07) is 16.2. The molecule has 3 aromatic rings. The van der Waals surface area contributed by atoms with Gasteiger partial charge in [0, 0.05) is 6.54 Å². The molecule has 0 amide bonds. The number of hydrogen-bond donors (Lipinski definition) is 3. The third-order valence-electron chi connectivity index (χ3n) is 3.31. The Bertz CT molecular complexity index is 792. The van der Waals surface area contributed by atoms with Crippen LogP contribution in [0.2, 0.25) is 0 Å². The van der Waals surface area contributed by atoms with E-state index in [0.717, 1.165) is 5.56 Å². The molecule has 0 unspecified atom stereocenters. The van der Waals surface area contributed by atoms with Crippen molar-refractivity contribution in [3.05, 3.63) is 72.3 Å². The monoisotopic (exact) mass is 309 g/mol. The van der Waals surface area contributed by atoms with Crippen molar-refractivity contribution in [2.45, 2.75) is 6.54 Å². The molecule has 0 radical (unpaired) electrons. The van der Waals surface area contributed by atoms with Crippen LogP contribution in [0.25, 0.3) is 0 Å². The SMILES string of the molecule is Nc1c(NCc2ccccc2)ncnc1Nc1ccccc1F. The molecule has 23 heavy (non-hydrogen) atoms. The van der Waals surface area contributed by atoms with Gasteiger partial charge in [0.2, 0.25) is 0 Å². The number of anilines is 4. The molecule has 0 aliphatic heterocycles. The van der Waals surface area contributed by atoms with Crippen LogP contribution in [0.4, 0.5) is 27.4 Å². The van der Waals surface area contributed by atoms with Gasteiger partial charge in [-0.25, -0.2) is 14.4 Å². The first kappa shape index (κ1) is 14.8. The summed E-state index contributed by atoms with van der Waals surface area (Å²) in [7, 11) is 0. The summed E-state index contributed by atoms with van der Waals surface area (Å²) in [5.41, 5.74) is 7.83. The minimum atomic E-state index is -0.371. The van der Waals surface area contributed by atoms with Gasteiger partial charge >= 0.3 is 0 Å². The third kappa shape index (κ3) is 3.55. The molecule has 1 aromatic heterocycles. The zero-order valence-corrected chi connectivity index (χ0v) is 12.3. The lowest BCUT2D eigenvalue weighted by Crippen LogP contribution is -2.08. The number of para-hydroxylation sites is 1. The fourth-order valence-electron chi connectivity index (χ4n) is 2.11. The highest BCUT2D eigenvalue weighted by Gasteiger charge is 2.10. The number of nitrogens with two attached hydrogens (primary N) is 1. The number of nitrogen functional groups attached to an aromatic ring is 1. The summed E-state index contributed by atoms with van der Waals surface area (Å²) < 4.78 is 13.7. The standard InChI is InChI=1S/C17H16FN5/c18-13-8-4-5-9-14(13)23-17-15(19)16(21-11-22-17)20-10-12-6-2-1-3-7-12/h1-9,11H,10,19H2,(H2,20,21,22,23). The molecule has 4 N–H and O–H groups in total. The van der Waals surface area contributed by atoms with E-state index in [1.54, 1.807) is 18.2 Å². The molecule has 0 aliphatic rings. The molecule has 116 valence electrons. The maximum atomic E-state index is 13.7. The Morgan fingerprint density at radius 1 is 0.913 bits per heavy atom. The molecular formula is C17H16FN5. The highest BCUT2D eigenvalue weighted by atomic mass is 19.1. The van der Waals surface area contributed by atoms with Crippen molar-refractivity contribution >= 4 is 23.0 Å². The Morgan fingerprint density at radius 2 is 1.61 bits per heavy atom. The maximum Gasteiger partial charge on any atom is 0.159 e. The van der Waals surface area contributed by atoms with E-state index in [2.05, 4.69) is 20.6 Å². The Balaban J connectivity index is 1.77. The number of nitrogens with one attached hydrogen (secondary N) is 2. The zero-order valence-electron chi connectivity index (χ0n) is 12.3. The second-order valence-electron chi connectivity index (χ2n) is 4.93. The zero-order chi connectivity index (χ0) is 16.1. The second kappa shape index (κ2) is 6.74. The van der Waals surface area contributed by atoms with E-state index < -0.39 is 0 Å². The number of aromatic nitrogens is 2. The molecule has 0 saturated carbocycles. The van der Waals surface area contributed by atoms with Crippen LogP contribution in [-0.4, -0.2) is 9.97 Å². The average molecular weight is 309 g/mol. The van der Waals surface area contributed by atoms with E-state index >= 15 is 0 Å². The molecule has 2 aromatic carbocycles. The first-order valence-electron chi connectivity index (χ1n) is 7.14. The first-order chi connectivity index (χ1) is 11.2. The highest BCUT2D eigenvalue weighted by molar-refractivity contribution is 5.77. The van der Waals surface area contributed by atoms with Gasteiger partial charge in [-0.15, -0.1) is 0 Å². The number of rotatable bonds is 5. The van der Waals surface area contributed by atoms with Crippen molar-refractivity contribution in [3.8, 4) is 0 Å². The predicted molar refractivity (Wildman–Crippen MR) is 89.9 cm³/mol. The normalized spacial score (nSPS) is 10.3. The summed E-state index contributed by atoms with van der Waals surface area (Å²) in [6.07, 6.45) is 1.38. The first-order valence-corrected chi connectivity index (χ1v) is 7.14. The van der Waals surface area contributed by atoms with Crippen LogP contribution in [0.5, 0.6) is 0 Å². The number of hydrogen-bond acceptors (Lipinski definition) is 5. The van der Waals surface area contributed by atoms with Crippen molar-refractivity contribution in [1.29, 1.82) is 0 Å². The molecule has 0 spiro atoms. The van der Waals surface area contributed by atoms with Gasteiger partial charge in [-0.05, 0) is 17.7 Å². The molecule has 0 saturated heterocycles. The lowest BCUT2D eigenvalue weighted by Gasteiger charge is -2.13. The van der Waals surface area contributed by atoms with Crippen LogP contribution >= 0.6 is 0 Å². The van der Waals surface area contributed by atoms with Gasteiger partial charge in [0.25, 0.3) is 0 Å². The van der Waals surface area contributed by atoms with Crippen LogP contribution in [-0.2, 0) is 6.54 Å². The summed E-state index contributed by atoms with van der Waals surface area (Å²) in [6.45, 7) is 0.585. The summed E-state index contributed by atoms with van der Waals surface area (Å²) in [5, 5.41) is 6.05. The van der Waals surface area contributed by atoms with Crippen LogP contribution in [0.15, 0.2) is 60.9 Å². The van der Waals surface area contributed by atoms with E-state index in [4.69, 9.17) is 5.73 Å². The Kier molecular flexibility index (Phi) is 4.33. The second-order valence-corrected chi connectivity index (χ2v) is 4.93. The smallest absolute Gasteiger partial charge is 0.159 e. The number of halogens is 1. The number of benzene rings is 2. The van der Waals surface area contributed by atoms with Gasteiger partial charge in [-0.1, -0.05) is 42.5 Å². The van der Waals surface area contributed by atoms with Crippen LogP contribution in [0, 0.1) is 5.82 Å². The van der Waals surface area contributed by atoms with Crippen molar-refractivity contribution in [2.75, 3.05) is 16.4 Å². The largest absolute Gasteiger partial charge is 0.393 e. The average Bonchev–Trinajstić information content (AvgIpc) is 2.58. The molecular weight excluding hydrogens is 293 g/mol. The predicted octanol–water partition coefficient (Wildman–Crippen LogP) is 3.55. The van der Waals surface area contributed by atoms with E-state index in [1.807, 2.05) is 30.3 Å². The third-order valence-corrected chi connectivity index (χ3v) is 3.31. The van der Waals surface area contributed by atoms with Gasteiger partial charge < -0.3 is 16.4 Å². The lowest BCUT2D eigenvalue weighted by molar-refractivity contribution is 0.632. The molecule has 3 rings (SSSR count). The minimum absolute atomic E-state index is 0.312. The van der Waals surface area contributed by atoms with Crippen LogP contribution in [0.1, 0.15) is 5.56 Å². The van der Waals surface area contributed by atoms with E-state index in [0.29, 0.717) is 29.6 Å². The molecule has 0 aliphatic carbocycles. The maximum absolute atomic E-state index is 13.7. The molecule has 0 atom stereocenters. The molecule has 0 bridgehead atoms. The molecule has 1 heterocycles. The van der Waals surface area contributed by atoms with E-state index in [9.17, 15) is 4.39 Å². The van der Waals surface area contributed by atoms with Gasteiger partial charge in [-0.3, -0.25) is 0 Å². The minimum Gasteiger partial charge on any atom is -0.393 e. The lowest BCUT2D eigenvalue weighted by atomic mass is 10.2. The topological polar surface area (TPSA) is 75.9 Å². The summed E-state index contributed by atoms with van der Waals surface area (Å²) in [4.78, 5) is 8.21. The number of nitrogens with zero attached hydrogens (tertiary/aromatic N) is 2. The Labute approximate surface area is 133 Å². The van der Waals surface area contributed by atoms with Crippen LogP contribution < -0.4 is 16.4 Å². The van der Waals surface area contributed by atoms with Crippen molar-refractivity contribution < 1.29 is 4.39 Å². The van der Waals surface area contributed by atoms with Gasteiger partial charge in [0.15, 0.2) is 11.6 Å². The fourth-order valence-corrected chi connectivity index (χ4v) is 2.11. The fraction of sp³-hybridized carbons (Fsp3) is 0.0588. The summed E-state index contributed by atoms with van der Waals surface area (Å²) >= 11 is 0. The molecule has 0 fully saturated rings. The quantitative estimate of drug-likeness (QED) is 0.672.